The Labute approximate surface area is 354 Å². The van der Waals surface area contributed by atoms with Gasteiger partial charge in [-0.05, 0) is 99.9 Å². The van der Waals surface area contributed by atoms with Crippen molar-refractivity contribution >= 4 is 108 Å². The normalized spacial score (nSPS) is 14.3. The zero-order valence-corrected chi connectivity index (χ0v) is 33.6. The fourth-order valence-electron chi connectivity index (χ4n) is 10.4. The highest BCUT2D eigenvalue weighted by molar-refractivity contribution is 7.24. The van der Waals surface area contributed by atoms with E-state index >= 15 is 0 Å². The zero-order valence-electron chi connectivity index (χ0n) is 32.8. The van der Waals surface area contributed by atoms with Gasteiger partial charge in [0.15, 0.2) is 0 Å². The molecule has 0 saturated heterocycles. The highest BCUT2D eigenvalue weighted by Gasteiger charge is 2.25. The van der Waals surface area contributed by atoms with Gasteiger partial charge >= 0.3 is 0 Å². The van der Waals surface area contributed by atoms with E-state index < -0.39 is 0 Å². The fourth-order valence-corrected chi connectivity index (χ4v) is 11.5. The second-order valence-electron chi connectivity index (χ2n) is 16.3. The average Bonchev–Trinajstić information content (AvgIpc) is 3.78. The Balaban J connectivity index is 0.909. The molecular formula is C56H34N4S. The van der Waals surface area contributed by atoms with Crippen LogP contribution in [0, 0.1) is 0 Å². The van der Waals surface area contributed by atoms with Crippen LogP contribution in [0.3, 0.4) is 0 Å². The van der Waals surface area contributed by atoms with E-state index in [0.29, 0.717) is 0 Å². The highest BCUT2D eigenvalue weighted by Crippen LogP contribution is 2.46. The number of aliphatic imine (C=N–C) groups is 1. The molecule has 0 spiro atoms. The summed E-state index contributed by atoms with van der Waals surface area (Å²) in [4.78, 5) is 5.51. The van der Waals surface area contributed by atoms with Gasteiger partial charge in [-0.2, -0.15) is 0 Å². The molecule has 0 radical (unpaired) electrons. The van der Waals surface area contributed by atoms with Crippen LogP contribution in [0.1, 0.15) is 22.9 Å². The van der Waals surface area contributed by atoms with Gasteiger partial charge in [-0.1, -0.05) is 121 Å². The van der Waals surface area contributed by atoms with E-state index in [2.05, 4.69) is 209 Å². The Morgan fingerprint density at radius 1 is 0.426 bits per heavy atom. The standard InChI is InChI=1S/C56H34N4S/c1-2-12-39(13-3-1)59-45-17-7-5-14-41(45)42-27-23-37(32-48(42)59)55-43-15-4-6-16-44(43)57-56(58-55)38-21-20-36-31-40(26-22-35(36)30-38)60-46-28-24-33-10-8-18-49-51(33)53(46)54-47(60)29-25-34-11-9-19-50(61-49)52(34)54/h1-32,56-57H. The number of fused-ring (bicyclic) bond motifs is 5. The lowest BCUT2D eigenvalue weighted by Gasteiger charge is -2.26. The monoisotopic (exact) mass is 794 g/mol. The van der Waals surface area contributed by atoms with E-state index in [9.17, 15) is 0 Å². The number of benzene rings is 10. The quantitative estimate of drug-likeness (QED) is 0.189. The van der Waals surface area contributed by atoms with E-state index in [1.807, 2.05) is 11.3 Å². The molecule has 61 heavy (non-hydrogen) atoms. The molecule has 0 aliphatic carbocycles. The third kappa shape index (κ3) is 4.72. The number of para-hydroxylation sites is 3. The summed E-state index contributed by atoms with van der Waals surface area (Å²) in [6, 6.07) is 71.2. The fraction of sp³-hybridized carbons (Fsp3) is 0.0179. The van der Waals surface area contributed by atoms with Gasteiger partial charge < -0.3 is 14.5 Å². The first kappa shape index (κ1) is 33.1. The van der Waals surface area contributed by atoms with Crippen molar-refractivity contribution in [1.29, 1.82) is 0 Å². The molecule has 10 aromatic carbocycles. The van der Waals surface area contributed by atoms with E-state index in [1.54, 1.807) is 0 Å². The predicted molar refractivity (Wildman–Crippen MR) is 259 cm³/mol. The summed E-state index contributed by atoms with van der Waals surface area (Å²) in [7, 11) is 0. The molecule has 5 heteroatoms. The summed E-state index contributed by atoms with van der Waals surface area (Å²) in [6.45, 7) is 0. The van der Waals surface area contributed by atoms with Crippen molar-refractivity contribution in [3.8, 4) is 11.4 Å². The van der Waals surface area contributed by atoms with Gasteiger partial charge in [0, 0.05) is 69.9 Å². The minimum Gasteiger partial charge on any atom is -0.360 e. The molecule has 0 bridgehead atoms. The van der Waals surface area contributed by atoms with Crippen LogP contribution < -0.4 is 5.32 Å². The summed E-state index contributed by atoms with van der Waals surface area (Å²) in [6.07, 6.45) is -0.254. The average molecular weight is 795 g/mol. The molecule has 1 atom stereocenters. The van der Waals surface area contributed by atoms with Gasteiger partial charge in [0.2, 0.25) is 0 Å². The van der Waals surface area contributed by atoms with E-state index in [4.69, 9.17) is 4.99 Å². The number of nitrogens with one attached hydrogen (secondary N) is 1. The maximum Gasteiger partial charge on any atom is 0.145 e. The van der Waals surface area contributed by atoms with E-state index in [0.717, 1.165) is 39.5 Å². The van der Waals surface area contributed by atoms with Crippen LogP contribution in [0.5, 0.6) is 0 Å². The Bertz CT molecular complexity index is 3880. The summed E-state index contributed by atoms with van der Waals surface area (Å²) < 4.78 is 7.49. The zero-order chi connectivity index (χ0) is 39.8. The molecule has 4 nitrogen and oxygen atoms in total. The maximum atomic E-state index is 5.51. The number of hydrogen-bond donors (Lipinski definition) is 1. The molecule has 1 N–H and O–H groups in total. The third-order valence-electron chi connectivity index (χ3n) is 13.0. The Kier molecular flexibility index (Phi) is 6.74. The van der Waals surface area contributed by atoms with Crippen molar-refractivity contribution < 1.29 is 0 Å². The number of nitrogens with zero attached hydrogens (tertiary/aromatic N) is 3. The molecule has 0 fully saturated rings. The van der Waals surface area contributed by atoms with Crippen LogP contribution in [-0.2, 0) is 0 Å². The molecule has 13 aromatic rings. The molecule has 3 aromatic heterocycles. The van der Waals surface area contributed by atoms with Crippen LogP contribution in [0.25, 0.3) is 96.7 Å². The lowest BCUT2D eigenvalue weighted by atomic mass is 9.96. The van der Waals surface area contributed by atoms with Crippen molar-refractivity contribution in [2.24, 2.45) is 4.99 Å². The molecule has 1 aliphatic heterocycles. The van der Waals surface area contributed by atoms with Gasteiger partial charge in [-0.25, -0.2) is 0 Å². The SMILES string of the molecule is c1ccc(-n2c3ccccc3c3ccc(C4=NC(c5ccc6cc(-n7c8ccc9cccc%10sc%11cccc%12ccc7c(c%12%11)c8c9%10)ccc6c5)Nc5ccccc54)cc32)cc1. The predicted octanol–water partition coefficient (Wildman–Crippen LogP) is 15.0. The Hall–Kier alpha value is -7.73. The topological polar surface area (TPSA) is 34.2 Å². The van der Waals surface area contributed by atoms with Crippen LogP contribution in [0.4, 0.5) is 5.69 Å². The Morgan fingerprint density at radius 2 is 1.08 bits per heavy atom. The van der Waals surface area contributed by atoms with Gasteiger partial charge in [-0.3, -0.25) is 4.99 Å². The maximum absolute atomic E-state index is 5.51. The van der Waals surface area contributed by atoms with Crippen LogP contribution in [0.15, 0.2) is 199 Å². The van der Waals surface area contributed by atoms with Gasteiger partial charge in [0.05, 0.1) is 27.8 Å². The number of anilines is 1. The van der Waals surface area contributed by atoms with Gasteiger partial charge in [0.25, 0.3) is 0 Å². The van der Waals surface area contributed by atoms with Crippen molar-refractivity contribution in [3.05, 3.63) is 211 Å². The largest absolute Gasteiger partial charge is 0.360 e. The van der Waals surface area contributed by atoms with Gasteiger partial charge in [-0.15, -0.1) is 11.3 Å². The molecule has 4 heterocycles. The molecule has 1 aliphatic rings. The van der Waals surface area contributed by atoms with Crippen molar-refractivity contribution in [3.63, 3.8) is 0 Å². The van der Waals surface area contributed by atoms with Crippen molar-refractivity contribution in [2.75, 3.05) is 5.32 Å². The number of aromatic nitrogens is 2. The second-order valence-corrected chi connectivity index (χ2v) is 17.4. The van der Waals surface area contributed by atoms with Crippen molar-refractivity contribution in [1.82, 2.24) is 9.13 Å². The number of hydrogen-bond acceptors (Lipinski definition) is 3. The van der Waals surface area contributed by atoms with Crippen LogP contribution in [0.2, 0.25) is 0 Å². The van der Waals surface area contributed by atoms with E-state index in [1.165, 1.54) is 85.3 Å². The van der Waals surface area contributed by atoms with E-state index in [-0.39, 0.29) is 6.17 Å². The highest BCUT2D eigenvalue weighted by atomic mass is 32.1. The van der Waals surface area contributed by atoms with Gasteiger partial charge in [0.1, 0.15) is 6.17 Å². The molecule has 1 unspecified atom stereocenters. The first-order valence-electron chi connectivity index (χ1n) is 20.9. The molecule has 0 amide bonds. The lowest BCUT2D eigenvalue weighted by molar-refractivity contribution is 0.830. The van der Waals surface area contributed by atoms with Crippen LogP contribution in [-0.4, -0.2) is 14.8 Å². The minimum atomic E-state index is -0.254. The van der Waals surface area contributed by atoms with Crippen molar-refractivity contribution in [2.45, 2.75) is 6.17 Å². The smallest absolute Gasteiger partial charge is 0.145 e. The molecule has 284 valence electrons. The molecule has 0 saturated carbocycles. The summed E-state index contributed by atoms with van der Waals surface area (Å²) in [5, 5.41) is 16.6. The first-order chi connectivity index (χ1) is 30.2. The first-order valence-corrected chi connectivity index (χ1v) is 21.7. The number of rotatable bonds is 4. The molecular weight excluding hydrogens is 761 g/mol. The third-order valence-corrected chi connectivity index (χ3v) is 14.2. The second kappa shape index (κ2) is 12.4. The van der Waals surface area contributed by atoms with Crippen LogP contribution >= 0.6 is 11.3 Å². The summed E-state index contributed by atoms with van der Waals surface area (Å²) >= 11 is 1.90. The summed E-state index contributed by atoms with van der Waals surface area (Å²) in [5.74, 6) is 0. The minimum absolute atomic E-state index is 0.254. The lowest BCUT2D eigenvalue weighted by Crippen LogP contribution is -2.20. The Morgan fingerprint density at radius 3 is 1.89 bits per heavy atom. The molecule has 14 rings (SSSR count). The summed E-state index contributed by atoms with van der Waals surface area (Å²) in [5.41, 5.74) is 12.6.